The van der Waals surface area contributed by atoms with E-state index in [1.54, 1.807) is 6.07 Å². The molecule has 0 fully saturated rings. The van der Waals surface area contributed by atoms with Crippen molar-refractivity contribution in [1.29, 1.82) is 5.26 Å². The third kappa shape index (κ3) is 3.08. The van der Waals surface area contributed by atoms with Crippen LogP contribution in [-0.4, -0.2) is 37.9 Å². The molecular weight excluding hydrogens is 420 g/mol. The number of carbonyl (C=O) groups excluding carboxylic acids is 1. The predicted octanol–water partition coefficient (Wildman–Crippen LogP) is 4.09. The van der Waals surface area contributed by atoms with Gasteiger partial charge in [-0.2, -0.15) is 9.57 Å². The van der Waals surface area contributed by atoms with Crippen molar-refractivity contribution >= 4 is 27.0 Å². The van der Waals surface area contributed by atoms with Crippen LogP contribution in [0.3, 0.4) is 0 Å². The van der Waals surface area contributed by atoms with Gasteiger partial charge in [0.25, 0.3) is 0 Å². The molecule has 1 aliphatic heterocycles. The molecule has 5 rings (SSSR count). The zero-order valence-corrected chi connectivity index (χ0v) is 19.2. The second-order valence-corrected chi connectivity index (χ2v) is 11.3. The molecule has 6 heteroatoms. The van der Waals surface area contributed by atoms with Gasteiger partial charge in [-0.15, -0.1) is 0 Å². The smallest absolute Gasteiger partial charge is 0.211 e. The van der Waals surface area contributed by atoms with E-state index in [0.29, 0.717) is 31.5 Å². The number of nitriles is 1. The van der Waals surface area contributed by atoms with Gasteiger partial charge >= 0.3 is 0 Å². The normalized spacial score (nSPS) is 19.7. The molecule has 0 spiro atoms. The van der Waals surface area contributed by atoms with Crippen LogP contribution < -0.4 is 0 Å². The highest BCUT2D eigenvalue weighted by molar-refractivity contribution is 7.88. The molecule has 0 atom stereocenters. The molecule has 3 aliphatic rings. The van der Waals surface area contributed by atoms with Crippen molar-refractivity contribution in [2.75, 3.05) is 19.3 Å². The summed E-state index contributed by atoms with van der Waals surface area (Å²) in [5.41, 5.74) is 7.98. The predicted molar refractivity (Wildman–Crippen MR) is 125 cm³/mol. The number of carbonyl (C=O) groups is 1. The minimum Gasteiger partial charge on any atom is -0.289 e. The fraction of sp³-hybridized carbons (Fsp3) is 0.308. The Hall–Kier alpha value is -3.01. The lowest BCUT2D eigenvalue weighted by atomic mass is 9.68. The van der Waals surface area contributed by atoms with Crippen LogP contribution in [0.1, 0.15) is 58.4 Å². The van der Waals surface area contributed by atoms with Gasteiger partial charge in [-0.1, -0.05) is 38.1 Å². The highest BCUT2D eigenvalue weighted by Crippen LogP contribution is 2.50. The summed E-state index contributed by atoms with van der Waals surface area (Å²) in [4.78, 5) is 13.7. The van der Waals surface area contributed by atoms with Crippen molar-refractivity contribution in [1.82, 2.24) is 4.31 Å². The van der Waals surface area contributed by atoms with E-state index in [2.05, 4.69) is 32.0 Å². The molecule has 0 amide bonds. The highest BCUT2D eigenvalue weighted by Gasteiger charge is 2.42. The summed E-state index contributed by atoms with van der Waals surface area (Å²) >= 11 is 0. The minimum atomic E-state index is -3.20. The van der Waals surface area contributed by atoms with Gasteiger partial charge < -0.3 is 0 Å². The number of nitrogens with zero attached hydrogens (tertiary/aromatic N) is 2. The Labute approximate surface area is 188 Å². The number of fused-ring (bicyclic) bond motifs is 3. The molecule has 0 bridgehead atoms. The molecule has 0 saturated heterocycles. The average Bonchev–Trinajstić information content (AvgIpc) is 3.17. The standard InChI is InChI=1S/C26H24N2O3S/c1-26(2)22-7-5-18(17-8-10-28(11-9-17)32(3,30)31)13-21(22)25(29)24-20-6-4-16(15-27)12-19(20)14-23(24)26/h4-8,12-13H,9-11,14H2,1-3H3. The molecule has 0 N–H and O–H groups in total. The van der Waals surface area contributed by atoms with Crippen molar-refractivity contribution in [3.63, 3.8) is 0 Å². The molecule has 0 saturated carbocycles. The van der Waals surface area contributed by atoms with Crippen LogP contribution in [0.4, 0.5) is 0 Å². The summed E-state index contributed by atoms with van der Waals surface area (Å²) in [6.45, 7) is 5.13. The highest BCUT2D eigenvalue weighted by atomic mass is 32.2. The number of hydrogen-bond donors (Lipinski definition) is 0. The Morgan fingerprint density at radius 3 is 2.53 bits per heavy atom. The van der Waals surface area contributed by atoms with Crippen molar-refractivity contribution < 1.29 is 13.2 Å². The van der Waals surface area contributed by atoms with Gasteiger partial charge in [-0.05, 0) is 64.4 Å². The number of Topliss-reactive ketones (excluding diaryl/α,β-unsaturated/α-hetero) is 1. The average molecular weight is 445 g/mol. The maximum absolute atomic E-state index is 13.7. The zero-order valence-electron chi connectivity index (χ0n) is 18.4. The number of hydrogen-bond acceptors (Lipinski definition) is 4. The third-order valence-corrected chi connectivity index (χ3v) is 8.37. The first-order chi connectivity index (χ1) is 15.1. The fourth-order valence-corrected chi connectivity index (χ4v) is 6.04. The summed E-state index contributed by atoms with van der Waals surface area (Å²) in [5.74, 6) is 0.0359. The van der Waals surface area contributed by atoms with Gasteiger partial charge in [-0.3, -0.25) is 4.79 Å². The second kappa shape index (κ2) is 6.99. The molecular formula is C26H24N2O3S. The van der Waals surface area contributed by atoms with E-state index in [9.17, 15) is 18.5 Å². The van der Waals surface area contributed by atoms with Gasteiger partial charge in [-0.25, -0.2) is 8.42 Å². The van der Waals surface area contributed by atoms with Crippen LogP contribution in [0, 0.1) is 11.3 Å². The van der Waals surface area contributed by atoms with E-state index in [4.69, 9.17) is 0 Å². The second-order valence-electron chi connectivity index (χ2n) is 9.33. The van der Waals surface area contributed by atoms with Crippen molar-refractivity contribution in [2.24, 2.45) is 0 Å². The van der Waals surface area contributed by atoms with Crippen molar-refractivity contribution in [3.8, 4) is 6.07 Å². The van der Waals surface area contributed by atoms with E-state index in [1.165, 1.54) is 10.6 Å². The molecule has 2 aromatic carbocycles. The third-order valence-electron chi connectivity index (χ3n) is 7.10. The quantitative estimate of drug-likeness (QED) is 0.699. The van der Waals surface area contributed by atoms with E-state index < -0.39 is 10.0 Å². The molecule has 162 valence electrons. The maximum Gasteiger partial charge on any atom is 0.211 e. The van der Waals surface area contributed by atoms with Crippen molar-refractivity contribution in [3.05, 3.63) is 81.4 Å². The van der Waals surface area contributed by atoms with Crippen LogP contribution in [-0.2, 0) is 21.9 Å². The molecule has 0 radical (unpaired) electrons. The van der Waals surface area contributed by atoms with Gasteiger partial charge in [0.05, 0.1) is 17.9 Å². The van der Waals surface area contributed by atoms with E-state index in [0.717, 1.165) is 44.5 Å². The fourth-order valence-electron chi connectivity index (χ4n) is 5.28. The summed E-state index contributed by atoms with van der Waals surface area (Å²) in [7, 11) is -3.20. The van der Waals surface area contributed by atoms with Crippen LogP contribution in [0.2, 0.25) is 0 Å². The minimum absolute atomic E-state index is 0.0359. The number of sulfonamides is 1. The van der Waals surface area contributed by atoms with Gasteiger partial charge in [0.1, 0.15) is 0 Å². The lowest BCUT2D eigenvalue weighted by Crippen LogP contribution is -2.33. The molecule has 5 nitrogen and oxygen atoms in total. The lowest BCUT2D eigenvalue weighted by molar-refractivity contribution is 0.105. The van der Waals surface area contributed by atoms with Gasteiger partial charge in [0, 0.05) is 29.6 Å². The van der Waals surface area contributed by atoms with E-state index in [-0.39, 0.29) is 11.2 Å². The van der Waals surface area contributed by atoms with Crippen LogP contribution >= 0.6 is 0 Å². The largest absolute Gasteiger partial charge is 0.289 e. The lowest BCUT2D eigenvalue weighted by Gasteiger charge is -2.35. The summed E-state index contributed by atoms with van der Waals surface area (Å²) in [5, 5.41) is 9.27. The summed E-state index contributed by atoms with van der Waals surface area (Å²) < 4.78 is 25.1. The molecule has 1 heterocycles. The van der Waals surface area contributed by atoms with Crippen LogP contribution in [0.5, 0.6) is 0 Å². The Bertz CT molecular complexity index is 1410. The van der Waals surface area contributed by atoms with Crippen molar-refractivity contribution in [2.45, 2.75) is 32.1 Å². The monoisotopic (exact) mass is 444 g/mol. The Kier molecular flexibility index (Phi) is 4.56. The number of benzene rings is 2. The summed E-state index contributed by atoms with van der Waals surface area (Å²) in [6.07, 6.45) is 4.49. The van der Waals surface area contributed by atoms with E-state index in [1.807, 2.05) is 24.3 Å². The number of rotatable bonds is 2. The first-order valence-electron chi connectivity index (χ1n) is 10.7. The Morgan fingerprint density at radius 1 is 1.09 bits per heavy atom. The van der Waals surface area contributed by atoms with Gasteiger partial charge in [0.2, 0.25) is 10.0 Å². The Morgan fingerprint density at radius 2 is 1.88 bits per heavy atom. The molecule has 32 heavy (non-hydrogen) atoms. The van der Waals surface area contributed by atoms with Crippen LogP contribution in [0.15, 0.2) is 48.0 Å². The maximum atomic E-state index is 13.7. The van der Waals surface area contributed by atoms with Gasteiger partial charge in [0.15, 0.2) is 5.78 Å². The molecule has 0 aromatic heterocycles. The molecule has 0 unspecified atom stereocenters. The topological polar surface area (TPSA) is 78.2 Å². The number of ketones is 1. The summed E-state index contributed by atoms with van der Waals surface area (Å²) in [6, 6.07) is 13.9. The molecule has 2 aliphatic carbocycles. The van der Waals surface area contributed by atoms with E-state index >= 15 is 0 Å². The molecule has 2 aromatic rings. The van der Waals surface area contributed by atoms with Crippen LogP contribution in [0.25, 0.3) is 11.1 Å². The number of allylic oxidation sites excluding steroid dienone is 2. The first-order valence-corrected chi connectivity index (χ1v) is 12.6. The SMILES string of the molecule is CC1(C)C2=C(C(=O)c3cc(C4=CCN(S(C)(=O)=O)CC4)ccc31)c1ccc(C#N)cc1C2. The Balaban J connectivity index is 1.56. The zero-order chi connectivity index (χ0) is 22.8. The first kappa shape index (κ1) is 20.9.